The topological polar surface area (TPSA) is 121 Å². The monoisotopic (exact) mass is 614 g/mol. The Labute approximate surface area is 267 Å². The number of benzene rings is 9. The summed E-state index contributed by atoms with van der Waals surface area (Å²) in [6.07, 6.45) is 0. The minimum atomic E-state index is -0.856. The second-order valence-electron chi connectivity index (χ2n) is 12.2. The number of rotatable bonds is 2. The zero-order valence-electron chi connectivity index (χ0n) is 25.0. The van der Waals surface area contributed by atoms with Crippen molar-refractivity contribution in [2.24, 2.45) is 0 Å². The van der Waals surface area contributed by atoms with Gasteiger partial charge in [-0.05, 0) is 67.4 Å². The third kappa shape index (κ3) is 3.44. The standard InChI is InChI=1S/C41H26O6/c1-19-28-30(23-15-12-21(13-16-23)25-17-14-20-6-2-3-7-24(20)18-25)34-35(39(45)41(47)40(46)38(34)44)31-26-10-4-8-22-9-5-11-27(29(22)26)32(33(28)31)37(43)36(19)42/h2-18,42-47H,1H3. The minimum Gasteiger partial charge on any atom is -0.504 e. The van der Waals surface area contributed by atoms with Gasteiger partial charge in [0.05, 0.1) is 0 Å². The Bertz CT molecular complexity index is 2790. The Hall–Kier alpha value is -6.40. The molecule has 6 N–H and O–H groups in total. The van der Waals surface area contributed by atoms with Crippen molar-refractivity contribution in [2.75, 3.05) is 0 Å². The first-order valence-electron chi connectivity index (χ1n) is 15.2. The third-order valence-corrected chi connectivity index (χ3v) is 9.79. The minimum absolute atomic E-state index is 0.106. The molecule has 0 aliphatic carbocycles. The van der Waals surface area contributed by atoms with Crippen LogP contribution in [-0.2, 0) is 0 Å². The van der Waals surface area contributed by atoms with Gasteiger partial charge in [0.15, 0.2) is 23.0 Å². The van der Waals surface area contributed by atoms with Crippen LogP contribution in [0.15, 0.2) is 103 Å². The van der Waals surface area contributed by atoms with Crippen molar-refractivity contribution in [1.29, 1.82) is 0 Å². The van der Waals surface area contributed by atoms with E-state index in [4.69, 9.17) is 0 Å². The van der Waals surface area contributed by atoms with Gasteiger partial charge in [-0.2, -0.15) is 0 Å². The van der Waals surface area contributed by atoms with Gasteiger partial charge in [0.1, 0.15) is 0 Å². The molecule has 0 unspecified atom stereocenters. The highest BCUT2D eigenvalue weighted by Crippen LogP contribution is 2.60. The molecular weight excluding hydrogens is 588 g/mol. The smallest absolute Gasteiger partial charge is 0.204 e. The van der Waals surface area contributed by atoms with Crippen LogP contribution in [0.1, 0.15) is 5.56 Å². The second-order valence-corrected chi connectivity index (χ2v) is 12.2. The van der Waals surface area contributed by atoms with Crippen LogP contribution in [-0.4, -0.2) is 30.6 Å². The van der Waals surface area contributed by atoms with Gasteiger partial charge in [-0.25, -0.2) is 0 Å². The number of aryl methyl sites for hydroxylation is 1. The van der Waals surface area contributed by atoms with E-state index in [1.165, 1.54) is 0 Å². The first-order valence-corrected chi connectivity index (χ1v) is 15.2. The van der Waals surface area contributed by atoms with Crippen LogP contribution in [0.2, 0.25) is 0 Å². The molecule has 9 aromatic carbocycles. The van der Waals surface area contributed by atoms with Crippen molar-refractivity contribution in [1.82, 2.24) is 0 Å². The maximum atomic E-state index is 11.6. The van der Waals surface area contributed by atoms with Gasteiger partial charge >= 0.3 is 0 Å². The molecular formula is C41H26O6. The molecule has 0 heterocycles. The number of phenols is 6. The van der Waals surface area contributed by atoms with Crippen LogP contribution in [0.3, 0.4) is 0 Å². The molecule has 226 valence electrons. The van der Waals surface area contributed by atoms with Crippen molar-refractivity contribution in [3.05, 3.63) is 109 Å². The lowest BCUT2D eigenvalue weighted by Gasteiger charge is -2.24. The fourth-order valence-corrected chi connectivity index (χ4v) is 7.62. The lowest BCUT2D eigenvalue weighted by molar-refractivity contribution is 0.351. The van der Waals surface area contributed by atoms with E-state index < -0.39 is 23.0 Å². The molecule has 0 amide bonds. The Morgan fingerprint density at radius 2 is 0.894 bits per heavy atom. The van der Waals surface area contributed by atoms with Crippen LogP contribution in [0.25, 0.3) is 86.9 Å². The zero-order chi connectivity index (χ0) is 32.3. The molecule has 6 heteroatoms. The van der Waals surface area contributed by atoms with Gasteiger partial charge in [-0.15, -0.1) is 0 Å². The summed E-state index contributed by atoms with van der Waals surface area (Å²) >= 11 is 0. The second kappa shape index (κ2) is 9.31. The van der Waals surface area contributed by atoms with E-state index in [9.17, 15) is 30.6 Å². The normalized spacial score (nSPS) is 12.0. The summed E-state index contributed by atoms with van der Waals surface area (Å²) < 4.78 is 0. The van der Waals surface area contributed by atoms with Crippen molar-refractivity contribution >= 4 is 64.6 Å². The average molecular weight is 615 g/mol. The molecule has 0 spiro atoms. The van der Waals surface area contributed by atoms with Crippen molar-refractivity contribution in [3.63, 3.8) is 0 Å². The van der Waals surface area contributed by atoms with E-state index in [1.54, 1.807) is 6.92 Å². The summed E-state index contributed by atoms with van der Waals surface area (Å²) in [6.45, 7) is 1.69. The number of aromatic hydroxyl groups is 6. The van der Waals surface area contributed by atoms with E-state index in [0.717, 1.165) is 32.7 Å². The molecule has 0 aromatic heterocycles. The molecule has 0 saturated carbocycles. The number of fused-ring (bicyclic) bond motifs is 5. The molecule has 47 heavy (non-hydrogen) atoms. The molecule has 0 aliphatic heterocycles. The van der Waals surface area contributed by atoms with Crippen molar-refractivity contribution in [2.45, 2.75) is 6.92 Å². The quantitative estimate of drug-likeness (QED) is 0.0499. The predicted octanol–water partition coefficient (Wildman–Crippen LogP) is 9.92. The summed E-state index contributed by atoms with van der Waals surface area (Å²) in [4.78, 5) is 0. The Morgan fingerprint density at radius 3 is 1.60 bits per heavy atom. The van der Waals surface area contributed by atoms with Gasteiger partial charge in [0.25, 0.3) is 0 Å². The third-order valence-electron chi connectivity index (χ3n) is 9.79. The zero-order valence-corrected chi connectivity index (χ0v) is 25.0. The van der Waals surface area contributed by atoms with Crippen LogP contribution < -0.4 is 0 Å². The maximum absolute atomic E-state index is 11.6. The van der Waals surface area contributed by atoms with Gasteiger partial charge in [-0.3, -0.25) is 0 Å². The maximum Gasteiger partial charge on any atom is 0.204 e. The predicted molar refractivity (Wildman–Crippen MR) is 188 cm³/mol. The molecule has 9 aromatic rings. The van der Waals surface area contributed by atoms with Gasteiger partial charge in [-0.1, -0.05) is 97.1 Å². The van der Waals surface area contributed by atoms with Crippen LogP contribution in [0.4, 0.5) is 0 Å². The molecule has 0 radical (unpaired) electrons. The molecule has 0 bridgehead atoms. The lowest BCUT2D eigenvalue weighted by Crippen LogP contribution is -1.96. The largest absolute Gasteiger partial charge is 0.504 e. The van der Waals surface area contributed by atoms with E-state index in [1.807, 2.05) is 72.8 Å². The van der Waals surface area contributed by atoms with E-state index in [2.05, 4.69) is 30.3 Å². The van der Waals surface area contributed by atoms with Crippen molar-refractivity contribution < 1.29 is 30.6 Å². The first kappa shape index (κ1) is 27.0. The number of hydrogen-bond acceptors (Lipinski definition) is 6. The number of phenolic OH excluding ortho intramolecular Hbond substituents is 6. The fourth-order valence-electron chi connectivity index (χ4n) is 7.62. The fraction of sp³-hybridized carbons (Fsp3) is 0.0244. The van der Waals surface area contributed by atoms with Gasteiger partial charge in [0, 0.05) is 38.1 Å². The van der Waals surface area contributed by atoms with E-state index >= 15 is 0 Å². The summed E-state index contributed by atoms with van der Waals surface area (Å²) in [5.41, 5.74) is 3.38. The summed E-state index contributed by atoms with van der Waals surface area (Å²) in [6, 6.07) is 33.5. The highest BCUT2D eigenvalue weighted by atomic mass is 16.3. The van der Waals surface area contributed by atoms with Crippen molar-refractivity contribution in [3.8, 4) is 56.8 Å². The summed E-state index contributed by atoms with van der Waals surface area (Å²) in [7, 11) is 0. The Balaban J connectivity index is 1.49. The van der Waals surface area contributed by atoms with Gasteiger partial charge < -0.3 is 30.6 Å². The average Bonchev–Trinajstić information content (AvgIpc) is 3.11. The highest BCUT2D eigenvalue weighted by Gasteiger charge is 2.30. The Morgan fingerprint density at radius 1 is 0.340 bits per heavy atom. The van der Waals surface area contributed by atoms with E-state index in [0.29, 0.717) is 49.0 Å². The van der Waals surface area contributed by atoms with Crippen LogP contribution >= 0.6 is 0 Å². The molecule has 0 fully saturated rings. The Kier molecular flexibility index (Phi) is 5.34. The molecule has 0 atom stereocenters. The van der Waals surface area contributed by atoms with E-state index in [-0.39, 0.29) is 22.3 Å². The first-order chi connectivity index (χ1) is 22.8. The molecule has 0 saturated heterocycles. The molecule has 0 aliphatic rings. The van der Waals surface area contributed by atoms with Crippen LogP contribution in [0, 0.1) is 6.92 Å². The number of hydrogen-bond donors (Lipinski definition) is 6. The molecule has 6 nitrogen and oxygen atoms in total. The highest BCUT2D eigenvalue weighted by molar-refractivity contribution is 6.43. The lowest BCUT2D eigenvalue weighted by atomic mass is 9.80. The van der Waals surface area contributed by atoms with Crippen LogP contribution in [0.5, 0.6) is 34.5 Å². The van der Waals surface area contributed by atoms with Gasteiger partial charge in [0.2, 0.25) is 11.5 Å². The summed E-state index contributed by atoms with van der Waals surface area (Å²) in [5.74, 6) is -3.53. The molecule has 9 rings (SSSR count). The summed E-state index contributed by atoms with van der Waals surface area (Å²) in [5, 5.41) is 75.3. The SMILES string of the molecule is Cc1c(O)c(O)c2c3cccc4cccc(c43)c3c4c(O)c(O)c(O)c(O)c4c(-c4ccc(-c5ccc6ccccc6c5)cc4)c1c23.